The van der Waals surface area contributed by atoms with Crippen LogP contribution >= 0.6 is 0 Å². The summed E-state index contributed by atoms with van der Waals surface area (Å²) in [6.07, 6.45) is 2.44. The first kappa shape index (κ1) is 8.71. The van der Waals surface area contributed by atoms with E-state index in [9.17, 15) is 4.79 Å². The van der Waals surface area contributed by atoms with E-state index in [1.165, 1.54) is 7.11 Å². The van der Waals surface area contributed by atoms with Crippen LogP contribution in [0.4, 0.5) is 0 Å². The highest BCUT2D eigenvalue weighted by Crippen LogP contribution is 2.03. The standard InChI is InChI=1S/C9H11NO2/c1-3-8-6-7(4-5-10-8)9(11)12-2/h4-6H,3H2,1-2H3. The molecule has 0 spiro atoms. The molecule has 3 heteroatoms. The third kappa shape index (κ3) is 1.81. The summed E-state index contributed by atoms with van der Waals surface area (Å²) in [6, 6.07) is 3.39. The molecule has 12 heavy (non-hydrogen) atoms. The van der Waals surface area contributed by atoms with Crippen LogP contribution in [0.3, 0.4) is 0 Å². The second kappa shape index (κ2) is 3.85. The van der Waals surface area contributed by atoms with E-state index in [0.29, 0.717) is 5.56 Å². The molecule has 0 aliphatic carbocycles. The van der Waals surface area contributed by atoms with Crippen molar-refractivity contribution >= 4 is 5.97 Å². The Labute approximate surface area is 71.4 Å². The molecule has 0 N–H and O–H groups in total. The Morgan fingerprint density at radius 3 is 3.00 bits per heavy atom. The molecule has 0 saturated heterocycles. The lowest BCUT2D eigenvalue weighted by Crippen LogP contribution is -2.02. The van der Waals surface area contributed by atoms with Crippen molar-refractivity contribution in [2.24, 2.45) is 0 Å². The van der Waals surface area contributed by atoms with Crippen LogP contribution < -0.4 is 0 Å². The van der Waals surface area contributed by atoms with Crippen molar-refractivity contribution in [1.29, 1.82) is 0 Å². The van der Waals surface area contributed by atoms with Gasteiger partial charge in [-0.05, 0) is 18.6 Å². The SMILES string of the molecule is CCc1cc(C(=O)OC)ccn1. The molecule has 0 unspecified atom stereocenters. The predicted octanol–water partition coefficient (Wildman–Crippen LogP) is 1.43. The van der Waals surface area contributed by atoms with Crippen LogP contribution in [0, 0.1) is 0 Å². The third-order valence-electron chi connectivity index (χ3n) is 1.60. The van der Waals surface area contributed by atoms with Crippen LogP contribution in [0.15, 0.2) is 18.3 Å². The number of carbonyl (C=O) groups excluding carboxylic acids is 1. The largest absolute Gasteiger partial charge is 0.465 e. The molecule has 0 saturated carbocycles. The van der Waals surface area contributed by atoms with Crippen LogP contribution in [-0.2, 0) is 11.2 Å². The van der Waals surface area contributed by atoms with Gasteiger partial charge in [0.1, 0.15) is 0 Å². The molecule has 1 heterocycles. The minimum absolute atomic E-state index is 0.313. The quantitative estimate of drug-likeness (QED) is 0.622. The van der Waals surface area contributed by atoms with Gasteiger partial charge in [0.15, 0.2) is 0 Å². The molecule has 0 amide bonds. The fourth-order valence-corrected chi connectivity index (χ4v) is 0.916. The molecule has 0 bridgehead atoms. The van der Waals surface area contributed by atoms with Gasteiger partial charge in [-0.3, -0.25) is 4.98 Å². The number of rotatable bonds is 2. The summed E-state index contributed by atoms with van der Waals surface area (Å²) in [5.74, 6) is -0.313. The number of aromatic nitrogens is 1. The normalized spacial score (nSPS) is 9.50. The van der Waals surface area contributed by atoms with Crippen molar-refractivity contribution in [3.05, 3.63) is 29.6 Å². The van der Waals surface area contributed by atoms with Crippen LogP contribution in [0.1, 0.15) is 23.0 Å². The molecule has 64 valence electrons. The minimum Gasteiger partial charge on any atom is -0.465 e. The molecule has 0 radical (unpaired) electrons. The van der Waals surface area contributed by atoms with E-state index in [2.05, 4.69) is 9.72 Å². The van der Waals surface area contributed by atoms with E-state index >= 15 is 0 Å². The van der Waals surface area contributed by atoms with Crippen molar-refractivity contribution in [2.75, 3.05) is 7.11 Å². The first-order valence-electron chi connectivity index (χ1n) is 3.81. The van der Waals surface area contributed by atoms with E-state index in [1.807, 2.05) is 6.92 Å². The molecular formula is C9H11NO2. The first-order chi connectivity index (χ1) is 5.77. The Morgan fingerprint density at radius 1 is 1.67 bits per heavy atom. The highest BCUT2D eigenvalue weighted by molar-refractivity contribution is 5.89. The number of nitrogens with zero attached hydrogens (tertiary/aromatic N) is 1. The maximum Gasteiger partial charge on any atom is 0.337 e. The fraction of sp³-hybridized carbons (Fsp3) is 0.333. The maximum atomic E-state index is 11.0. The number of hydrogen-bond donors (Lipinski definition) is 0. The average Bonchev–Trinajstić information content (AvgIpc) is 2.17. The van der Waals surface area contributed by atoms with E-state index in [4.69, 9.17) is 0 Å². The molecule has 0 aromatic carbocycles. The summed E-state index contributed by atoms with van der Waals surface area (Å²) < 4.78 is 4.57. The van der Waals surface area contributed by atoms with E-state index in [0.717, 1.165) is 12.1 Å². The van der Waals surface area contributed by atoms with Gasteiger partial charge in [0.2, 0.25) is 0 Å². The lowest BCUT2D eigenvalue weighted by molar-refractivity contribution is 0.0600. The fourth-order valence-electron chi connectivity index (χ4n) is 0.916. The number of methoxy groups -OCH3 is 1. The van der Waals surface area contributed by atoms with Crippen molar-refractivity contribution < 1.29 is 9.53 Å². The Bertz CT molecular complexity index is 284. The summed E-state index contributed by atoms with van der Waals surface area (Å²) in [5, 5.41) is 0. The van der Waals surface area contributed by atoms with Gasteiger partial charge in [-0.25, -0.2) is 4.79 Å². The van der Waals surface area contributed by atoms with Crippen molar-refractivity contribution in [1.82, 2.24) is 4.98 Å². The number of ether oxygens (including phenoxy) is 1. The van der Waals surface area contributed by atoms with Gasteiger partial charge in [-0.2, -0.15) is 0 Å². The summed E-state index contributed by atoms with van der Waals surface area (Å²) >= 11 is 0. The zero-order chi connectivity index (χ0) is 8.97. The third-order valence-corrected chi connectivity index (χ3v) is 1.60. The number of esters is 1. The summed E-state index contributed by atoms with van der Waals surface area (Å²) in [4.78, 5) is 15.1. The van der Waals surface area contributed by atoms with Crippen LogP contribution in [0.25, 0.3) is 0 Å². The van der Waals surface area contributed by atoms with Crippen LogP contribution in [0.5, 0.6) is 0 Å². The first-order valence-corrected chi connectivity index (χ1v) is 3.81. The summed E-state index contributed by atoms with van der Waals surface area (Å²) in [6.45, 7) is 1.99. The highest BCUT2D eigenvalue weighted by atomic mass is 16.5. The zero-order valence-corrected chi connectivity index (χ0v) is 7.20. The zero-order valence-electron chi connectivity index (χ0n) is 7.20. The molecule has 1 aromatic rings. The van der Waals surface area contributed by atoms with Gasteiger partial charge in [0, 0.05) is 11.9 Å². The number of aryl methyl sites for hydroxylation is 1. The number of carbonyl (C=O) groups is 1. The molecule has 0 atom stereocenters. The van der Waals surface area contributed by atoms with Gasteiger partial charge in [-0.1, -0.05) is 6.92 Å². The smallest absolute Gasteiger partial charge is 0.337 e. The van der Waals surface area contributed by atoms with E-state index in [-0.39, 0.29) is 5.97 Å². The molecule has 1 aromatic heterocycles. The average molecular weight is 165 g/mol. The highest BCUT2D eigenvalue weighted by Gasteiger charge is 2.04. The lowest BCUT2D eigenvalue weighted by atomic mass is 10.2. The van der Waals surface area contributed by atoms with Crippen LogP contribution in [0.2, 0.25) is 0 Å². The van der Waals surface area contributed by atoms with Crippen molar-refractivity contribution in [3.8, 4) is 0 Å². The molecule has 1 rings (SSSR count). The maximum absolute atomic E-state index is 11.0. The Balaban J connectivity index is 2.93. The molecule has 0 aliphatic heterocycles. The molecule has 0 aliphatic rings. The molecule has 0 fully saturated rings. The number of pyridine rings is 1. The monoisotopic (exact) mass is 165 g/mol. The minimum atomic E-state index is -0.313. The van der Waals surface area contributed by atoms with Gasteiger partial charge in [0.25, 0.3) is 0 Å². The second-order valence-corrected chi connectivity index (χ2v) is 2.38. The van der Waals surface area contributed by atoms with Crippen LogP contribution in [-0.4, -0.2) is 18.1 Å². The van der Waals surface area contributed by atoms with Gasteiger partial charge in [0.05, 0.1) is 12.7 Å². The van der Waals surface area contributed by atoms with E-state index in [1.54, 1.807) is 18.3 Å². The topological polar surface area (TPSA) is 39.2 Å². The number of hydrogen-bond acceptors (Lipinski definition) is 3. The van der Waals surface area contributed by atoms with Crippen molar-refractivity contribution in [2.45, 2.75) is 13.3 Å². The Kier molecular flexibility index (Phi) is 2.80. The molecular weight excluding hydrogens is 154 g/mol. The van der Waals surface area contributed by atoms with Gasteiger partial charge < -0.3 is 4.74 Å². The van der Waals surface area contributed by atoms with Crippen molar-refractivity contribution in [3.63, 3.8) is 0 Å². The lowest BCUT2D eigenvalue weighted by Gasteiger charge is -1.99. The Morgan fingerprint density at radius 2 is 2.42 bits per heavy atom. The summed E-state index contributed by atoms with van der Waals surface area (Å²) in [7, 11) is 1.37. The predicted molar refractivity (Wildman–Crippen MR) is 45.0 cm³/mol. The summed E-state index contributed by atoms with van der Waals surface area (Å²) in [5.41, 5.74) is 1.46. The second-order valence-electron chi connectivity index (χ2n) is 2.38. The Hall–Kier alpha value is -1.38. The molecule has 3 nitrogen and oxygen atoms in total. The van der Waals surface area contributed by atoms with Gasteiger partial charge in [-0.15, -0.1) is 0 Å². The van der Waals surface area contributed by atoms with E-state index < -0.39 is 0 Å². The van der Waals surface area contributed by atoms with Gasteiger partial charge >= 0.3 is 5.97 Å².